The maximum atomic E-state index is 11.5. The average molecular weight is 351 g/mol. The number of anilines is 2. The van der Waals surface area contributed by atoms with Crippen molar-refractivity contribution in [1.29, 1.82) is 0 Å². The van der Waals surface area contributed by atoms with Crippen molar-refractivity contribution in [1.82, 2.24) is 24.6 Å². The zero-order valence-corrected chi connectivity index (χ0v) is 14.4. The molecule has 5 rings (SSSR count). The zero-order chi connectivity index (χ0) is 17.7. The zero-order valence-electron chi connectivity index (χ0n) is 14.4. The molecule has 0 saturated heterocycles. The van der Waals surface area contributed by atoms with Crippen molar-refractivity contribution in [3.8, 4) is 0 Å². The lowest BCUT2D eigenvalue weighted by atomic mass is 10.3. The van der Waals surface area contributed by atoms with Crippen LogP contribution in [0.2, 0.25) is 0 Å². The van der Waals surface area contributed by atoms with Crippen LogP contribution >= 0.6 is 0 Å². The fraction of sp³-hybridized carbons (Fsp3) is 0.389. The van der Waals surface area contributed by atoms with Gasteiger partial charge in [-0.2, -0.15) is 9.61 Å². The molecule has 26 heavy (non-hydrogen) atoms. The SMILES string of the molecule is C=c1[nH]c(=O)[nH]/c1=C\c1cnn2c(NC3CC3)cc(NCC3CC3)nc12. The summed E-state index contributed by atoms with van der Waals surface area (Å²) in [6, 6.07) is 2.54. The summed E-state index contributed by atoms with van der Waals surface area (Å²) < 4.78 is 1.82. The van der Waals surface area contributed by atoms with Gasteiger partial charge in [-0.25, -0.2) is 9.78 Å². The van der Waals surface area contributed by atoms with Gasteiger partial charge >= 0.3 is 5.69 Å². The number of H-pyrrole nitrogens is 2. The summed E-state index contributed by atoms with van der Waals surface area (Å²) in [6.07, 6.45) is 8.56. The Morgan fingerprint density at radius 1 is 1.31 bits per heavy atom. The van der Waals surface area contributed by atoms with Crippen molar-refractivity contribution < 1.29 is 0 Å². The molecule has 0 amide bonds. The first kappa shape index (κ1) is 15.2. The van der Waals surface area contributed by atoms with Gasteiger partial charge in [0.15, 0.2) is 5.65 Å². The lowest BCUT2D eigenvalue weighted by Gasteiger charge is -2.11. The van der Waals surface area contributed by atoms with Crippen LogP contribution in [0, 0.1) is 5.92 Å². The molecule has 3 heterocycles. The summed E-state index contributed by atoms with van der Waals surface area (Å²) >= 11 is 0. The molecule has 3 aromatic rings. The Bertz CT molecular complexity index is 1130. The van der Waals surface area contributed by atoms with Crippen LogP contribution in [0.1, 0.15) is 31.2 Å². The van der Waals surface area contributed by atoms with Gasteiger partial charge < -0.3 is 20.6 Å². The standard InChI is InChI=1S/C18H21N7O/c1-10-14(23-18(26)21-10)6-12-9-20-25-16(22-13-4-5-13)7-15(24-17(12)25)19-8-11-2-3-11/h6-7,9,11,13,22H,1-5,8H2,(H,19,24)(H2,21,23,26)/b14-6-. The normalized spacial score (nSPS) is 17.8. The van der Waals surface area contributed by atoms with E-state index in [9.17, 15) is 4.79 Å². The van der Waals surface area contributed by atoms with Crippen molar-refractivity contribution in [2.75, 3.05) is 17.2 Å². The molecule has 2 aliphatic carbocycles. The highest BCUT2D eigenvalue weighted by molar-refractivity contribution is 5.69. The largest absolute Gasteiger partial charge is 0.370 e. The molecule has 2 saturated carbocycles. The first-order valence-corrected chi connectivity index (χ1v) is 9.04. The van der Waals surface area contributed by atoms with Gasteiger partial charge in [0.25, 0.3) is 0 Å². The predicted molar refractivity (Wildman–Crippen MR) is 101 cm³/mol. The molecule has 0 bridgehead atoms. The molecule has 0 radical (unpaired) electrons. The molecule has 0 unspecified atom stereocenters. The van der Waals surface area contributed by atoms with Gasteiger partial charge in [-0.3, -0.25) is 0 Å². The highest BCUT2D eigenvalue weighted by Gasteiger charge is 2.24. The Morgan fingerprint density at radius 2 is 2.15 bits per heavy atom. The van der Waals surface area contributed by atoms with Crippen molar-refractivity contribution in [2.24, 2.45) is 5.92 Å². The van der Waals surface area contributed by atoms with Crippen LogP contribution in [-0.4, -0.2) is 37.2 Å². The lowest BCUT2D eigenvalue weighted by molar-refractivity contribution is 0.875. The third kappa shape index (κ3) is 2.98. The van der Waals surface area contributed by atoms with Gasteiger partial charge in [0.2, 0.25) is 0 Å². The number of nitrogens with one attached hydrogen (secondary N) is 4. The minimum Gasteiger partial charge on any atom is -0.370 e. The van der Waals surface area contributed by atoms with E-state index >= 15 is 0 Å². The summed E-state index contributed by atoms with van der Waals surface area (Å²) in [7, 11) is 0. The van der Waals surface area contributed by atoms with Crippen molar-refractivity contribution in [3.05, 3.63) is 39.0 Å². The smallest absolute Gasteiger partial charge is 0.323 e. The number of hydrogen-bond acceptors (Lipinski definition) is 5. The molecule has 8 heteroatoms. The lowest BCUT2D eigenvalue weighted by Crippen LogP contribution is -2.22. The summed E-state index contributed by atoms with van der Waals surface area (Å²) in [6.45, 7) is 4.80. The molecule has 0 aromatic carbocycles. The van der Waals surface area contributed by atoms with E-state index in [1.807, 2.05) is 16.7 Å². The van der Waals surface area contributed by atoms with Crippen molar-refractivity contribution >= 4 is 29.9 Å². The predicted octanol–water partition coefficient (Wildman–Crippen LogP) is 0.381. The fourth-order valence-electron chi connectivity index (χ4n) is 2.99. The van der Waals surface area contributed by atoms with Gasteiger partial charge in [-0.15, -0.1) is 0 Å². The Kier molecular flexibility index (Phi) is 3.37. The van der Waals surface area contributed by atoms with Crippen LogP contribution in [0.4, 0.5) is 11.6 Å². The molecule has 134 valence electrons. The number of hydrogen-bond donors (Lipinski definition) is 4. The first-order chi connectivity index (χ1) is 12.7. The number of rotatable bonds is 6. The maximum Gasteiger partial charge on any atom is 0.323 e. The first-order valence-electron chi connectivity index (χ1n) is 9.04. The number of aromatic nitrogens is 5. The number of nitrogens with zero attached hydrogens (tertiary/aromatic N) is 3. The van der Waals surface area contributed by atoms with Gasteiger partial charge in [0, 0.05) is 24.2 Å². The maximum absolute atomic E-state index is 11.5. The second kappa shape index (κ2) is 5.76. The number of fused-ring (bicyclic) bond motifs is 1. The molecular formula is C18H21N7O. The van der Waals surface area contributed by atoms with E-state index in [4.69, 9.17) is 4.98 Å². The summed E-state index contributed by atoms with van der Waals surface area (Å²) in [5.74, 6) is 2.55. The molecule has 2 fully saturated rings. The minimum atomic E-state index is -0.270. The van der Waals surface area contributed by atoms with E-state index < -0.39 is 0 Å². The van der Waals surface area contributed by atoms with E-state index in [0.717, 1.165) is 35.3 Å². The minimum absolute atomic E-state index is 0.270. The van der Waals surface area contributed by atoms with Crippen LogP contribution in [-0.2, 0) is 0 Å². The molecule has 0 spiro atoms. The number of aromatic amines is 2. The summed E-state index contributed by atoms with van der Waals surface area (Å²) in [5, 5.41) is 12.7. The van der Waals surface area contributed by atoms with Crippen LogP contribution in [0.25, 0.3) is 18.3 Å². The van der Waals surface area contributed by atoms with Crippen molar-refractivity contribution in [2.45, 2.75) is 31.7 Å². The van der Waals surface area contributed by atoms with E-state index in [2.05, 4.69) is 32.3 Å². The molecule has 0 atom stereocenters. The van der Waals surface area contributed by atoms with E-state index in [1.165, 1.54) is 25.7 Å². The second-order valence-corrected chi connectivity index (χ2v) is 7.22. The Labute approximate surface area is 149 Å². The topological polar surface area (TPSA) is 103 Å². The van der Waals surface area contributed by atoms with Gasteiger partial charge in [-0.05, 0) is 37.7 Å². The van der Waals surface area contributed by atoms with E-state index in [0.29, 0.717) is 16.7 Å². The quantitative estimate of drug-likeness (QED) is 0.514. The van der Waals surface area contributed by atoms with Crippen LogP contribution in [0.15, 0.2) is 17.1 Å². The van der Waals surface area contributed by atoms with Crippen molar-refractivity contribution in [3.63, 3.8) is 0 Å². The molecule has 0 aliphatic heterocycles. The molecule has 8 nitrogen and oxygen atoms in total. The highest BCUT2D eigenvalue weighted by Crippen LogP contribution is 2.30. The highest BCUT2D eigenvalue weighted by atomic mass is 16.1. The van der Waals surface area contributed by atoms with Gasteiger partial charge in [0.1, 0.15) is 11.6 Å². The average Bonchev–Trinajstić information content (AvgIpc) is 3.52. The molecule has 4 N–H and O–H groups in total. The van der Waals surface area contributed by atoms with Gasteiger partial charge in [-0.1, -0.05) is 6.58 Å². The Morgan fingerprint density at radius 3 is 2.85 bits per heavy atom. The molecule has 2 aliphatic rings. The monoisotopic (exact) mass is 351 g/mol. The van der Waals surface area contributed by atoms with Crippen LogP contribution < -0.4 is 27.0 Å². The van der Waals surface area contributed by atoms with Crippen LogP contribution in [0.5, 0.6) is 0 Å². The Hall–Kier alpha value is -3.03. The van der Waals surface area contributed by atoms with E-state index in [-0.39, 0.29) is 5.69 Å². The number of imidazole rings is 1. The molecular weight excluding hydrogens is 330 g/mol. The summed E-state index contributed by atoms with van der Waals surface area (Å²) in [5.41, 5.74) is 1.31. The van der Waals surface area contributed by atoms with Gasteiger partial charge in [0.05, 0.1) is 16.9 Å². The summed E-state index contributed by atoms with van der Waals surface area (Å²) in [4.78, 5) is 21.6. The fourth-order valence-corrected chi connectivity index (χ4v) is 2.99. The second-order valence-electron chi connectivity index (χ2n) is 7.22. The Balaban J connectivity index is 1.60. The third-order valence-electron chi connectivity index (χ3n) is 4.83. The van der Waals surface area contributed by atoms with E-state index in [1.54, 1.807) is 6.20 Å². The molecule has 3 aromatic heterocycles. The third-order valence-corrected chi connectivity index (χ3v) is 4.83. The van der Waals surface area contributed by atoms with Crippen LogP contribution in [0.3, 0.4) is 0 Å².